The summed E-state index contributed by atoms with van der Waals surface area (Å²) in [5, 5.41) is 7.81. The number of ether oxygens (including phenoxy) is 1. The highest BCUT2D eigenvalue weighted by Gasteiger charge is 2.15. The molecule has 0 aliphatic rings. The second-order valence-corrected chi connectivity index (χ2v) is 9.60. The Morgan fingerprint density at radius 2 is 1.38 bits per heavy atom. The van der Waals surface area contributed by atoms with Gasteiger partial charge < -0.3 is 10.1 Å². The number of amides is 2. The van der Waals surface area contributed by atoms with E-state index in [1.165, 1.54) is 42.6 Å². The van der Waals surface area contributed by atoms with Gasteiger partial charge in [0, 0.05) is 26.9 Å². The van der Waals surface area contributed by atoms with Gasteiger partial charge >= 0.3 is 5.97 Å². The van der Waals surface area contributed by atoms with E-state index in [9.17, 15) is 14.4 Å². The lowest BCUT2D eigenvalue weighted by molar-refractivity contribution is 0.0734. The minimum Gasteiger partial charge on any atom is -0.422 e. The van der Waals surface area contributed by atoms with Crippen LogP contribution >= 0.6 is 46.4 Å². The van der Waals surface area contributed by atoms with E-state index in [0.29, 0.717) is 21.3 Å². The molecule has 0 atom stereocenters. The summed E-state index contributed by atoms with van der Waals surface area (Å²) in [6.45, 7) is 0. The van der Waals surface area contributed by atoms with Crippen LogP contribution in [0, 0.1) is 0 Å². The maximum absolute atomic E-state index is 12.7. The van der Waals surface area contributed by atoms with Gasteiger partial charge in [-0.25, -0.2) is 10.2 Å². The Morgan fingerprint density at radius 3 is 2.08 bits per heavy atom. The molecule has 0 aliphatic carbocycles. The summed E-state index contributed by atoms with van der Waals surface area (Å²) in [5.74, 6) is -1.47. The molecule has 11 heteroatoms. The van der Waals surface area contributed by atoms with Crippen molar-refractivity contribution in [2.45, 2.75) is 0 Å². The molecule has 0 bridgehead atoms. The summed E-state index contributed by atoms with van der Waals surface area (Å²) in [5.41, 5.74) is 3.83. The van der Waals surface area contributed by atoms with Gasteiger partial charge in [-0.05, 0) is 66.7 Å². The van der Waals surface area contributed by atoms with E-state index < -0.39 is 17.8 Å². The van der Waals surface area contributed by atoms with Crippen molar-refractivity contribution in [1.29, 1.82) is 0 Å². The lowest BCUT2D eigenvalue weighted by Gasteiger charge is -2.09. The standard InChI is InChI=1S/C28H17Cl4N3O4/c29-18-8-10-21(23(31)13-18)27(37)34-20-6-3-5-16(12-20)26(36)35-33-15-17-4-1-2-7-25(17)39-28(38)22-11-9-19(30)14-24(22)32/h1-15H,(H,34,37)(H,35,36). The second-order valence-electron chi connectivity index (χ2n) is 7.91. The van der Waals surface area contributed by atoms with Gasteiger partial charge in [-0.1, -0.05) is 64.6 Å². The maximum Gasteiger partial charge on any atom is 0.345 e. The summed E-state index contributed by atoms with van der Waals surface area (Å²) in [6.07, 6.45) is 1.33. The number of para-hydroxylation sites is 1. The summed E-state index contributed by atoms with van der Waals surface area (Å²) < 4.78 is 5.47. The number of nitrogens with zero attached hydrogens (tertiary/aromatic N) is 1. The Morgan fingerprint density at radius 1 is 0.718 bits per heavy atom. The molecule has 39 heavy (non-hydrogen) atoms. The average Bonchev–Trinajstić information content (AvgIpc) is 2.89. The summed E-state index contributed by atoms with van der Waals surface area (Å²) in [6, 6.07) is 21.8. The number of benzene rings is 4. The van der Waals surface area contributed by atoms with Gasteiger partial charge in [0.25, 0.3) is 11.8 Å². The molecule has 4 aromatic carbocycles. The highest BCUT2D eigenvalue weighted by molar-refractivity contribution is 6.37. The first-order valence-corrected chi connectivity index (χ1v) is 12.7. The van der Waals surface area contributed by atoms with Crippen molar-refractivity contribution in [3.05, 3.63) is 127 Å². The first-order valence-electron chi connectivity index (χ1n) is 11.2. The molecule has 0 heterocycles. The summed E-state index contributed by atoms with van der Waals surface area (Å²) in [4.78, 5) is 37.8. The van der Waals surface area contributed by atoms with E-state index in [-0.39, 0.29) is 32.5 Å². The van der Waals surface area contributed by atoms with Gasteiger partial charge in [0.15, 0.2) is 0 Å². The number of nitrogens with one attached hydrogen (secondary N) is 2. The fraction of sp³-hybridized carbons (Fsp3) is 0. The normalized spacial score (nSPS) is 10.8. The third kappa shape index (κ3) is 7.37. The number of esters is 1. The van der Waals surface area contributed by atoms with Gasteiger partial charge in [-0.15, -0.1) is 0 Å². The fourth-order valence-corrected chi connectivity index (χ4v) is 4.31. The van der Waals surface area contributed by atoms with E-state index in [1.54, 1.807) is 48.5 Å². The van der Waals surface area contributed by atoms with Crippen molar-refractivity contribution in [2.75, 3.05) is 5.32 Å². The van der Waals surface area contributed by atoms with E-state index >= 15 is 0 Å². The highest BCUT2D eigenvalue weighted by Crippen LogP contribution is 2.25. The molecule has 0 spiro atoms. The van der Waals surface area contributed by atoms with Crippen LogP contribution in [0.15, 0.2) is 90.0 Å². The molecule has 4 aromatic rings. The van der Waals surface area contributed by atoms with Gasteiger partial charge in [0.2, 0.25) is 0 Å². The monoisotopic (exact) mass is 599 g/mol. The van der Waals surface area contributed by atoms with Crippen molar-refractivity contribution in [1.82, 2.24) is 5.43 Å². The minimum absolute atomic E-state index is 0.145. The average molecular weight is 601 g/mol. The molecule has 4 rings (SSSR count). The third-order valence-corrected chi connectivity index (χ3v) is 6.30. The van der Waals surface area contributed by atoms with Crippen molar-refractivity contribution in [3.63, 3.8) is 0 Å². The second kappa shape index (κ2) is 12.8. The lowest BCUT2D eigenvalue weighted by Crippen LogP contribution is -2.18. The van der Waals surface area contributed by atoms with E-state index in [0.717, 1.165) is 0 Å². The molecule has 0 fully saturated rings. The van der Waals surface area contributed by atoms with Gasteiger partial charge in [-0.3, -0.25) is 9.59 Å². The number of rotatable bonds is 7. The smallest absolute Gasteiger partial charge is 0.345 e. The first-order chi connectivity index (χ1) is 18.7. The van der Waals surface area contributed by atoms with E-state index in [2.05, 4.69) is 15.8 Å². The molecule has 7 nitrogen and oxygen atoms in total. The Hall–Kier alpha value is -3.88. The molecular weight excluding hydrogens is 584 g/mol. The molecule has 0 saturated heterocycles. The Balaban J connectivity index is 1.41. The number of carbonyl (C=O) groups is 3. The molecule has 0 aromatic heterocycles. The van der Waals surface area contributed by atoms with Crippen LogP contribution in [0.4, 0.5) is 5.69 Å². The number of carbonyl (C=O) groups excluding carboxylic acids is 3. The Kier molecular flexibility index (Phi) is 9.22. The van der Waals surface area contributed by atoms with Gasteiger partial charge in [-0.2, -0.15) is 5.10 Å². The molecule has 0 aliphatic heterocycles. The predicted octanol–water partition coefficient (Wildman–Crippen LogP) is 7.54. The largest absolute Gasteiger partial charge is 0.422 e. The van der Waals surface area contributed by atoms with Crippen molar-refractivity contribution in [3.8, 4) is 5.75 Å². The van der Waals surface area contributed by atoms with Gasteiger partial charge in [0.1, 0.15) is 5.75 Å². The minimum atomic E-state index is -0.680. The Labute approximate surface area is 243 Å². The first kappa shape index (κ1) is 28.1. The maximum atomic E-state index is 12.7. The third-order valence-electron chi connectivity index (χ3n) is 5.20. The topological polar surface area (TPSA) is 96.9 Å². The molecule has 2 amide bonds. The molecule has 2 N–H and O–H groups in total. The van der Waals surface area contributed by atoms with Crippen LogP contribution in [0.25, 0.3) is 0 Å². The van der Waals surface area contributed by atoms with Crippen molar-refractivity contribution >= 4 is 76.1 Å². The Bertz CT molecular complexity index is 1610. The van der Waals surface area contributed by atoms with Gasteiger partial charge in [0.05, 0.1) is 27.4 Å². The molecule has 0 saturated carbocycles. The predicted molar refractivity (Wildman–Crippen MR) is 154 cm³/mol. The zero-order chi connectivity index (χ0) is 27.9. The number of halogens is 4. The van der Waals surface area contributed by atoms with Crippen LogP contribution < -0.4 is 15.5 Å². The zero-order valence-corrected chi connectivity index (χ0v) is 22.8. The highest BCUT2D eigenvalue weighted by atomic mass is 35.5. The van der Waals surface area contributed by atoms with E-state index in [1.807, 2.05) is 0 Å². The van der Waals surface area contributed by atoms with Crippen LogP contribution in [0.3, 0.4) is 0 Å². The number of anilines is 1. The van der Waals surface area contributed by atoms with Crippen LogP contribution in [0.1, 0.15) is 36.6 Å². The van der Waals surface area contributed by atoms with Crippen molar-refractivity contribution < 1.29 is 19.1 Å². The molecule has 196 valence electrons. The van der Waals surface area contributed by atoms with Crippen LogP contribution in [0.5, 0.6) is 5.75 Å². The number of hydrogen-bond donors (Lipinski definition) is 2. The molecule has 0 unspecified atom stereocenters. The summed E-state index contributed by atoms with van der Waals surface area (Å²) >= 11 is 24.0. The van der Waals surface area contributed by atoms with E-state index in [4.69, 9.17) is 51.1 Å². The van der Waals surface area contributed by atoms with Crippen LogP contribution in [-0.2, 0) is 0 Å². The van der Waals surface area contributed by atoms with Crippen LogP contribution in [0.2, 0.25) is 20.1 Å². The van der Waals surface area contributed by atoms with Crippen molar-refractivity contribution in [2.24, 2.45) is 5.10 Å². The number of hydrogen-bond acceptors (Lipinski definition) is 5. The lowest BCUT2D eigenvalue weighted by atomic mass is 10.1. The molecule has 0 radical (unpaired) electrons. The van der Waals surface area contributed by atoms with Crippen LogP contribution in [-0.4, -0.2) is 24.0 Å². The number of hydrazone groups is 1. The SMILES string of the molecule is O=C(NN=Cc1ccccc1OC(=O)c1ccc(Cl)cc1Cl)c1cccc(NC(=O)c2ccc(Cl)cc2Cl)c1. The quantitative estimate of drug-likeness (QED) is 0.0991. The molecular formula is C28H17Cl4N3O4. The summed E-state index contributed by atoms with van der Waals surface area (Å²) in [7, 11) is 0. The zero-order valence-electron chi connectivity index (χ0n) is 19.8. The fourth-order valence-electron chi connectivity index (χ4n) is 3.33.